The Labute approximate surface area is 87.5 Å². The van der Waals surface area contributed by atoms with Crippen molar-refractivity contribution in [3.63, 3.8) is 0 Å². The number of thiocarbonyl (C=S) groups is 1. The van der Waals surface area contributed by atoms with E-state index in [1.54, 1.807) is 12.1 Å². The van der Waals surface area contributed by atoms with Crippen LogP contribution in [0.5, 0.6) is 0 Å². The highest BCUT2D eigenvalue weighted by atomic mass is 32.1. The number of benzene rings is 1. The van der Waals surface area contributed by atoms with Gasteiger partial charge in [-0.1, -0.05) is 24.4 Å². The summed E-state index contributed by atoms with van der Waals surface area (Å²) in [5.41, 5.74) is 3.74. The average Bonchev–Trinajstić information content (AvgIpc) is 2.16. The van der Waals surface area contributed by atoms with Gasteiger partial charge in [0.05, 0.1) is 5.69 Å². The minimum absolute atomic E-state index is 0.141. The molecule has 0 aliphatic heterocycles. The molecule has 0 atom stereocenters. The zero-order chi connectivity index (χ0) is 10.6. The van der Waals surface area contributed by atoms with E-state index < -0.39 is 0 Å². The molecule has 5 heteroatoms. The van der Waals surface area contributed by atoms with Crippen molar-refractivity contribution in [3.8, 4) is 0 Å². The number of carbonyl (C=O) groups is 1. The Morgan fingerprint density at radius 1 is 1.43 bits per heavy atom. The fraction of sp³-hybridized carbons (Fsp3) is 0.111. The molecule has 0 aromatic heterocycles. The van der Waals surface area contributed by atoms with Crippen molar-refractivity contribution in [1.29, 1.82) is 0 Å². The summed E-state index contributed by atoms with van der Waals surface area (Å²) in [7, 11) is 0. The van der Waals surface area contributed by atoms with Gasteiger partial charge in [-0.3, -0.25) is 4.79 Å². The molecule has 14 heavy (non-hydrogen) atoms. The maximum atomic E-state index is 10.9. The molecule has 4 nitrogen and oxygen atoms in total. The van der Waals surface area contributed by atoms with Crippen LogP contribution in [-0.4, -0.2) is 10.9 Å². The molecule has 0 saturated heterocycles. The van der Waals surface area contributed by atoms with Crippen LogP contribution in [0.4, 0.5) is 5.69 Å². The van der Waals surface area contributed by atoms with Crippen molar-refractivity contribution in [2.24, 2.45) is 5.84 Å². The summed E-state index contributed by atoms with van der Waals surface area (Å²) in [6, 6.07) is 7.19. The van der Waals surface area contributed by atoms with Gasteiger partial charge < -0.3 is 10.7 Å². The number of amides is 1. The average molecular weight is 209 g/mol. The van der Waals surface area contributed by atoms with Crippen molar-refractivity contribution in [2.45, 2.75) is 6.92 Å². The third-order valence-corrected chi connectivity index (χ3v) is 1.95. The first-order chi connectivity index (χ1) is 6.65. The molecule has 4 N–H and O–H groups in total. The van der Waals surface area contributed by atoms with E-state index in [9.17, 15) is 4.79 Å². The van der Waals surface area contributed by atoms with Crippen molar-refractivity contribution in [3.05, 3.63) is 29.8 Å². The lowest BCUT2D eigenvalue weighted by Gasteiger charge is -2.09. The van der Waals surface area contributed by atoms with Crippen LogP contribution < -0.4 is 16.6 Å². The van der Waals surface area contributed by atoms with Gasteiger partial charge in [-0.25, -0.2) is 5.84 Å². The molecule has 0 heterocycles. The fourth-order valence-electron chi connectivity index (χ4n) is 1.06. The Bertz CT molecular complexity index is 365. The number of nitrogens with one attached hydrogen (secondary N) is 2. The van der Waals surface area contributed by atoms with E-state index in [2.05, 4.69) is 10.7 Å². The summed E-state index contributed by atoms with van der Waals surface area (Å²) in [4.78, 5) is 11.3. The van der Waals surface area contributed by atoms with Gasteiger partial charge in [-0.05, 0) is 12.1 Å². The van der Waals surface area contributed by atoms with Gasteiger partial charge in [-0.2, -0.15) is 0 Å². The quantitative estimate of drug-likeness (QED) is 0.382. The van der Waals surface area contributed by atoms with E-state index in [-0.39, 0.29) is 5.91 Å². The van der Waals surface area contributed by atoms with Crippen LogP contribution >= 0.6 is 12.2 Å². The molecular formula is C9H11N3OS. The Morgan fingerprint density at radius 3 is 2.64 bits per heavy atom. The maximum absolute atomic E-state index is 10.9. The lowest BCUT2D eigenvalue weighted by atomic mass is 10.2. The highest BCUT2D eigenvalue weighted by molar-refractivity contribution is 7.80. The van der Waals surface area contributed by atoms with Gasteiger partial charge >= 0.3 is 0 Å². The van der Waals surface area contributed by atoms with Crippen LogP contribution in [0.15, 0.2) is 24.3 Å². The molecule has 1 rings (SSSR count). The van der Waals surface area contributed by atoms with Gasteiger partial charge in [0.1, 0.15) is 4.99 Å². The second kappa shape index (κ2) is 4.69. The van der Waals surface area contributed by atoms with Crippen LogP contribution in [0.1, 0.15) is 12.5 Å². The number of carbonyl (C=O) groups excluding carboxylic acids is 1. The Hall–Kier alpha value is -1.46. The number of nitrogens with two attached hydrogens (primary N) is 1. The molecule has 0 bridgehead atoms. The molecule has 0 fully saturated rings. The van der Waals surface area contributed by atoms with E-state index >= 15 is 0 Å². The third kappa shape index (κ3) is 2.51. The van der Waals surface area contributed by atoms with Gasteiger partial charge in [0.2, 0.25) is 5.91 Å². The minimum Gasteiger partial charge on any atom is -0.326 e. The fourth-order valence-corrected chi connectivity index (χ4v) is 1.24. The Morgan fingerprint density at radius 2 is 2.07 bits per heavy atom. The topological polar surface area (TPSA) is 67.2 Å². The highest BCUT2D eigenvalue weighted by Crippen LogP contribution is 2.14. The first-order valence-electron chi connectivity index (χ1n) is 4.02. The maximum Gasteiger partial charge on any atom is 0.221 e. The lowest BCUT2D eigenvalue weighted by Crippen LogP contribution is -2.30. The van der Waals surface area contributed by atoms with Crippen molar-refractivity contribution in [1.82, 2.24) is 5.43 Å². The van der Waals surface area contributed by atoms with E-state index in [1.807, 2.05) is 12.1 Å². The van der Waals surface area contributed by atoms with Gasteiger partial charge in [-0.15, -0.1) is 0 Å². The molecule has 1 aromatic carbocycles. The molecule has 0 saturated carbocycles. The number of para-hydroxylation sites is 1. The Balaban J connectivity index is 3.02. The van der Waals surface area contributed by atoms with Gasteiger partial charge in [0, 0.05) is 12.5 Å². The second-order valence-electron chi connectivity index (χ2n) is 2.70. The van der Waals surface area contributed by atoms with E-state index in [0.29, 0.717) is 16.2 Å². The van der Waals surface area contributed by atoms with E-state index in [1.165, 1.54) is 6.92 Å². The number of hydrogen-bond acceptors (Lipinski definition) is 3. The summed E-state index contributed by atoms with van der Waals surface area (Å²) in [6.45, 7) is 1.44. The summed E-state index contributed by atoms with van der Waals surface area (Å²) >= 11 is 4.97. The highest BCUT2D eigenvalue weighted by Gasteiger charge is 2.06. The Kier molecular flexibility index (Phi) is 3.55. The first-order valence-corrected chi connectivity index (χ1v) is 4.43. The molecule has 1 aromatic rings. The van der Waals surface area contributed by atoms with Crippen molar-refractivity contribution >= 4 is 28.8 Å². The molecular weight excluding hydrogens is 198 g/mol. The molecule has 0 unspecified atom stereocenters. The van der Waals surface area contributed by atoms with Gasteiger partial charge in [0.15, 0.2) is 0 Å². The molecule has 74 valence electrons. The summed E-state index contributed by atoms with van der Waals surface area (Å²) < 4.78 is 0. The number of hydrogen-bond donors (Lipinski definition) is 3. The van der Waals surface area contributed by atoms with Crippen LogP contribution in [0.3, 0.4) is 0 Å². The molecule has 1 amide bonds. The first kappa shape index (κ1) is 10.6. The van der Waals surface area contributed by atoms with Crippen LogP contribution in [0.2, 0.25) is 0 Å². The second-order valence-corrected chi connectivity index (χ2v) is 3.11. The monoisotopic (exact) mass is 209 g/mol. The number of hydrazine groups is 1. The van der Waals surface area contributed by atoms with Crippen molar-refractivity contribution < 1.29 is 4.79 Å². The lowest BCUT2D eigenvalue weighted by molar-refractivity contribution is -0.114. The summed E-state index contributed by atoms with van der Waals surface area (Å²) in [5.74, 6) is 5.06. The van der Waals surface area contributed by atoms with Crippen LogP contribution in [-0.2, 0) is 4.79 Å². The summed E-state index contributed by atoms with van der Waals surface area (Å²) in [6.07, 6.45) is 0. The zero-order valence-electron chi connectivity index (χ0n) is 7.70. The minimum atomic E-state index is -0.141. The van der Waals surface area contributed by atoms with E-state index in [4.69, 9.17) is 18.1 Å². The summed E-state index contributed by atoms with van der Waals surface area (Å²) in [5, 5.41) is 2.67. The number of rotatable bonds is 2. The van der Waals surface area contributed by atoms with Crippen molar-refractivity contribution in [2.75, 3.05) is 5.32 Å². The number of anilines is 1. The van der Waals surface area contributed by atoms with E-state index in [0.717, 1.165) is 0 Å². The molecule has 0 aliphatic rings. The van der Waals surface area contributed by atoms with Crippen LogP contribution in [0.25, 0.3) is 0 Å². The predicted molar refractivity (Wildman–Crippen MR) is 59.8 cm³/mol. The molecule has 0 aliphatic carbocycles. The molecule has 0 radical (unpaired) electrons. The molecule has 0 spiro atoms. The standard InChI is InChI=1S/C9H11N3OS/c1-6(13)11-8-5-3-2-4-7(8)9(14)12-10/h2-5H,10H2,1H3,(H,11,13)(H,12,14). The predicted octanol–water partition coefficient (Wildman–Crippen LogP) is 0.784. The normalized spacial score (nSPS) is 9.29. The largest absolute Gasteiger partial charge is 0.326 e. The SMILES string of the molecule is CC(=O)Nc1ccccc1C(=S)NN. The van der Waals surface area contributed by atoms with Crippen LogP contribution in [0, 0.1) is 0 Å². The van der Waals surface area contributed by atoms with Gasteiger partial charge in [0.25, 0.3) is 0 Å². The zero-order valence-corrected chi connectivity index (χ0v) is 8.52. The third-order valence-electron chi connectivity index (χ3n) is 1.61. The smallest absolute Gasteiger partial charge is 0.221 e.